The number of rotatable bonds is 1. The largest absolute Gasteiger partial charge is 0.388 e. The van der Waals surface area contributed by atoms with Crippen molar-refractivity contribution in [3.8, 4) is 0 Å². The Morgan fingerprint density at radius 2 is 1.82 bits per heavy atom. The molecule has 0 radical (unpaired) electrons. The third-order valence-electron chi connectivity index (χ3n) is 3.64. The molecule has 2 atom stereocenters. The van der Waals surface area contributed by atoms with Crippen LogP contribution in [0.15, 0.2) is 24.3 Å². The lowest BCUT2D eigenvalue weighted by Crippen LogP contribution is -2.31. The van der Waals surface area contributed by atoms with Crippen molar-refractivity contribution in [2.24, 2.45) is 0 Å². The molecule has 2 unspecified atom stereocenters. The lowest BCUT2D eigenvalue weighted by Gasteiger charge is -2.23. The van der Waals surface area contributed by atoms with Gasteiger partial charge in [0.1, 0.15) is 6.17 Å². The van der Waals surface area contributed by atoms with Crippen LogP contribution >= 0.6 is 0 Å². The summed E-state index contributed by atoms with van der Waals surface area (Å²) in [5, 5.41) is 9.13. The minimum atomic E-state index is -0.723. The van der Waals surface area contributed by atoms with Crippen LogP contribution in [0.5, 0.6) is 0 Å². The number of likely N-dealkylation sites (N-methyl/N-ethyl adjacent to an activating group) is 1. The molecule has 4 heteroatoms. The van der Waals surface area contributed by atoms with Gasteiger partial charge >= 0.3 is 0 Å². The van der Waals surface area contributed by atoms with Crippen LogP contribution in [0.3, 0.4) is 0 Å². The quantitative estimate of drug-likeness (QED) is 0.753. The molecular formula is C18H35FN2O. The molecule has 0 amide bonds. The van der Waals surface area contributed by atoms with Crippen LogP contribution in [0.2, 0.25) is 0 Å². The fourth-order valence-corrected chi connectivity index (χ4v) is 2.31. The Labute approximate surface area is 136 Å². The summed E-state index contributed by atoms with van der Waals surface area (Å²) in [5.74, 6) is 0. The van der Waals surface area contributed by atoms with E-state index >= 15 is 0 Å². The van der Waals surface area contributed by atoms with Crippen LogP contribution in [0, 0.1) is 0 Å². The molecule has 2 heterocycles. The van der Waals surface area contributed by atoms with E-state index < -0.39 is 6.17 Å². The molecule has 0 aromatic heterocycles. The summed E-state index contributed by atoms with van der Waals surface area (Å²) >= 11 is 0. The molecule has 3 nitrogen and oxygen atoms in total. The SMILES string of the molecule is CC.CC(C)N1CC=CC(F)CC1.CN1CCC=CC(O)C1. The minimum Gasteiger partial charge on any atom is -0.388 e. The zero-order valence-corrected chi connectivity index (χ0v) is 15.0. The Kier molecular flexibility index (Phi) is 12.4. The van der Waals surface area contributed by atoms with Gasteiger partial charge in [-0.25, -0.2) is 4.39 Å². The first-order valence-corrected chi connectivity index (χ1v) is 8.57. The number of halogens is 1. The summed E-state index contributed by atoms with van der Waals surface area (Å²) in [6.07, 6.45) is 8.23. The summed E-state index contributed by atoms with van der Waals surface area (Å²) < 4.78 is 12.8. The lowest BCUT2D eigenvalue weighted by molar-refractivity contribution is 0.170. The summed E-state index contributed by atoms with van der Waals surface area (Å²) in [7, 11) is 2.02. The Morgan fingerprint density at radius 3 is 2.45 bits per heavy atom. The number of hydrogen-bond acceptors (Lipinski definition) is 3. The number of aliphatic hydroxyl groups is 1. The molecule has 2 rings (SSSR count). The van der Waals surface area contributed by atoms with Crippen molar-refractivity contribution >= 4 is 0 Å². The molecule has 0 bridgehead atoms. The van der Waals surface area contributed by atoms with Gasteiger partial charge in [-0.3, -0.25) is 4.90 Å². The van der Waals surface area contributed by atoms with Gasteiger partial charge in [-0.1, -0.05) is 38.2 Å². The van der Waals surface area contributed by atoms with Crippen molar-refractivity contribution in [3.63, 3.8) is 0 Å². The smallest absolute Gasteiger partial charge is 0.120 e. The van der Waals surface area contributed by atoms with Crippen molar-refractivity contribution in [3.05, 3.63) is 24.3 Å². The molecule has 1 N–H and O–H groups in total. The van der Waals surface area contributed by atoms with Gasteiger partial charge in [-0.2, -0.15) is 0 Å². The number of allylic oxidation sites excluding steroid dienone is 1. The number of nitrogens with zero attached hydrogens (tertiary/aromatic N) is 2. The molecule has 0 aliphatic carbocycles. The zero-order valence-electron chi connectivity index (χ0n) is 15.0. The molecule has 0 saturated heterocycles. The van der Waals surface area contributed by atoms with Crippen LogP contribution < -0.4 is 0 Å². The van der Waals surface area contributed by atoms with Crippen molar-refractivity contribution in [2.75, 3.05) is 33.2 Å². The summed E-state index contributed by atoms with van der Waals surface area (Å²) in [6, 6.07) is 0.532. The van der Waals surface area contributed by atoms with Gasteiger partial charge in [0.2, 0.25) is 0 Å². The Morgan fingerprint density at radius 1 is 1.14 bits per heavy atom. The number of alkyl halides is 1. The molecule has 0 fully saturated rings. The predicted octanol–water partition coefficient (Wildman–Crippen LogP) is 3.26. The number of hydrogen-bond donors (Lipinski definition) is 1. The average Bonchev–Trinajstić information content (AvgIpc) is 2.81. The van der Waals surface area contributed by atoms with Gasteiger partial charge in [0.25, 0.3) is 0 Å². The highest BCUT2D eigenvalue weighted by Gasteiger charge is 2.13. The topological polar surface area (TPSA) is 26.7 Å². The lowest BCUT2D eigenvalue weighted by atomic mass is 10.2. The Hall–Kier alpha value is -0.710. The highest BCUT2D eigenvalue weighted by molar-refractivity contribution is 4.95. The van der Waals surface area contributed by atoms with E-state index in [0.29, 0.717) is 12.5 Å². The molecule has 0 aromatic carbocycles. The second-order valence-corrected chi connectivity index (χ2v) is 5.87. The summed E-state index contributed by atoms with van der Waals surface area (Å²) in [6.45, 7) is 11.9. The van der Waals surface area contributed by atoms with E-state index in [1.807, 2.05) is 39.1 Å². The van der Waals surface area contributed by atoms with Crippen LogP contribution in [0.25, 0.3) is 0 Å². The third kappa shape index (κ3) is 10.1. The maximum atomic E-state index is 12.8. The molecule has 22 heavy (non-hydrogen) atoms. The van der Waals surface area contributed by atoms with E-state index in [1.54, 1.807) is 6.08 Å². The van der Waals surface area contributed by atoms with Crippen LogP contribution in [0.4, 0.5) is 4.39 Å². The van der Waals surface area contributed by atoms with Crippen LogP contribution in [-0.4, -0.2) is 66.5 Å². The van der Waals surface area contributed by atoms with Gasteiger partial charge in [-0.15, -0.1) is 0 Å². The van der Waals surface area contributed by atoms with Crippen LogP contribution in [-0.2, 0) is 0 Å². The molecule has 0 saturated carbocycles. The number of aliphatic hydroxyl groups excluding tert-OH is 1. The van der Waals surface area contributed by atoms with Gasteiger partial charge in [0, 0.05) is 32.2 Å². The fourth-order valence-electron chi connectivity index (χ4n) is 2.31. The van der Waals surface area contributed by atoms with E-state index in [0.717, 1.165) is 32.6 Å². The number of β-amino-alcohol motifs (C(OH)–C–C–N with tert-alkyl or cyclic N) is 1. The molecule has 130 valence electrons. The maximum Gasteiger partial charge on any atom is 0.120 e. The monoisotopic (exact) mass is 314 g/mol. The van der Waals surface area contributed by atoms with E-state index in [-0.39, 0.29) is 6.10 Å². The standard InChI is InChI=1S/C9H16FN.C7H13NO.C2H6/c1-8(2)11-6-3-4-9(10)5-7-11;1-8-5-3-2-4-7(9)6-8;1-2/h3-4,8-9H,5-7H2,1-2H3;2,4,7,9H,3,5-6H2,1H3;1-2H3. The summed E-state index contributed by atoms with van der Waals surface area (Å²) in [4.78, 5) is 4.40. The minimum absolute atomic E-state index is 0.252. The van der Waals surface area contributed by atoms with Gasteiger partial charge in [0.05, 0.1) is 6.10 Å². The van der Waals surface area contributed by atoms with Crippen molar-refractivity contribution < 1.29 is 9.50 Å². The van der Waals surface area contributed by atoms with E-state index in [2.05, 4.69) is 23.6 Å². The van der Waals surface area contributed by atoms with Crippen molar-refractivity contribution in [1.82, 2.24) is 9.80 Å². The first kappa shape index (κ1) is 21.3. The normalized spacial score (nSPS) is 26.4. The second-order valence-electron chi connectivity index (χ2n) is 5.87. The van der Waals surface area contributed by atoms with Gasteiger partial charge in [0.15, 0.2) is 0 Å². The molecular weight excluding hydrogens is 279 g/mol. The average molecular weight is 314 g/mol. The van der Waals surface area contributed by atoms with Crippen molar-refractivity contribution in [1.29, 1.82) is 0 Å². The Balaban J connectivity index is 0.000000366. The first-order valence-electron chi connectivity index (χ1n) is 8.57. The van der Waals surface area contributed by atoms with Crippen molar-refractivity contribution in [2.45, 2.75) is 58.9 Å². The van der Waals surface area contributed by atoms with E-state index in [4.69, 9.17) is 5.11 Å². The highest BCUT2D eigenvalue weighted by atomic mass is 19.1. The molecule has 2 aliphatic heterocycles. The van der Waals surface area contributed by atoms with Gasteiger partial charge < -0.3 is 10.0 Å². The van der Waals surface area contributed by atoms with Gasteiger partial charge in [-0.05, 0) is 33.7 Å². The maximum absolute atomic E-state index is 12.8. The molecule has 0 spiro atoms. The highest BCUT2D eigenvalue weighted by Crippen LogP contribution is 2.09. The van der Waals surface area contributed by atoms with Crippen LogP contribution in [0.1, 0.15) is 40.5 Å². The zero-order chi connectivity index (χ0) is 17.0. The molecule has 2 aliphatic rings. The second kappa shape index (κ2) is 12.8. The predicted molar refractivity (Wildman–Crippen MR) is 94.0 cm³/mol. The Bertz CT molecular complexity index is 318. The first-order chi connectivity index (χ1) is 10.5. The molecule has 0 aromatic rings. The third-order valence-corrected chi connectivity index (χ3v) is 3.64. The van der Waals surface area contributed by atoms with E-state index in [1.165, 1.54) is 0 Å². The van der Waals surface area contributed by atoms with E-state index in [9.17, 15) is 4.39 Å². The summed E-state index contributed by atoms with van der Waals surface area (Å²) in [5.41, 5.74) is 0. The fraction of sp³-hybridized carbons (Fsp3) is 0.778.